The summed E-state index contributed by atoms with van der Waals surface area (Å²) in [5, 5.41) is 0. The van der Waals surface area contributed by atoms with Gasteiger partial charge in [-0.3, -0.25) is 4.79 Å². The summed E-state index contributed by atoms with van der Waals surface area (Å²) in [5.41, 5.74) is 5.67. The number of amides is 1. The van der Waals surface area contributed by atoms with Crippen LogP contribution in [-0.2, 0) is 14.8 Å². The van der Waals surface area contributed by atoms with Crippen LogP contribution in [0.3, 0.4) is 0 Å². The van der Waals surface area contributed by atoms with Crippen LogP contribution in [0.4, 0.5) is 5.69 Å². The van der Waals surface area contributed by atoms with E-state index in [0.717, 1.165) is 4.31 Å². The van der Waals surface area contributed by atoms with E-state index in [0.29, 0.717) is 5.69 Å². The van der Waals surface area contributed by atoms with Crippen molar-refractivity contribution in [3.8, 4) is 0 Å². The summed E-state index contributed by atoms with van der Waals surface area (Å²) in [4.78, 5) is 12.1. The molecule has 0 spiro atoms. The monoisotopic (exact) mass is 298 g/mol. The van der Waals surface area contributed by atoms with Crippen LogP contribution in [0.25, 0.3) is 0 Å². The summed E-state index contributed by atoms with van der Waals surface area (Å²) in [6.45, 7) is 5.74. The van der Waals surface area contributed by atoms with Gasteiger partial charge in [-0.15, -0.1) is 0 Å². The quantitative estimate of drug-likeness (QED) is 0.848. The number of hydrogen-bond acceptors (Lipinski definition) is 5. The maximum Gasteiger partial charge on any atom is 0.269 e. The zero-order valence-electron chi connectivity index (χ0n) is 11.7. The Bertz CT molecular complexity index is 647. The van der Waals surface area contributed by atoms with E-state index in [1.807, 2.05) is 20.8 Å². The molecular weight excluding hydrogens is 280 g/mol. The fourth-order valence-corrected chi connectivity index (χ4v) is 3.53. The number of anilines is 1. The molecular formula is C13H18N2O4S. The maximum absolute atomic E-state index is 12.3. The summed E-state index contributed by atoms with van der Waals surface area (Å²) in [7, 11) is -3.81. The van der Waals surface area contributed by atoms with E-state index < -0.39 is 15.9 Å². The topological polar surface area (TPSA) is 89.7 Å². The van der Waals surface area contributed by atoms with Crippen LogP contribution in [0.15, 0.2) is 23.1 Å². The number of nitrogens with zero attached hydrogens (tertiary/aromatic N) is 1. The van der Waals surface area contributed by atoms with E-state index in [4.69, 9.17) is 10.5 Å². The Hall–Kier alpha value is -1.60. The zero-order chi connectivity index (χ0) is 15.1. The van der Waals surface area contributed by atoms with Gasteiger partial charge in [-0.25, -0.2) is 12.7 Å². The number of rotatable bonds is 3. The van der Waals surface area contributed by atoms with Gasteiger partial charge in [0.1, 0.15) is 4.90 Å². The molecule has 110 valence electrons. The first-order chi connectivity index (χ1) is 9.13. The first-order valence-electron chi connectivity index (χ1n) is 6.23. The Morgan fingerprint density at radius 2 is 1.95 bits per heavy atom. The van der Waals surface area contributed by atoms with Crippen molar-refractivity contribution >= 4 is 21.6 Å². The van der Waals surface area contributed by atoms with Crippen LogP contribution in [0.2, 0.25) is 0 Å². The minimum absolute atomic E-state index is 0.00692. The normalized spacial score (nSPS) is 17.4. The molecule has 0 bridgehead atoms. The fourth-order valence-electron chi connectivity index (χ4n) is 1.95. The molecule has 0 unspecified atom stereocenters. The number of nitrogen functional groups attached to an aromatic ring is 1. The molecule has 0 atom stereocenters. The third-order valence-electron chi connectivity index (χ3n) is 2.86. The molecule has 1 aromatic carbocycles. The first-order valence-corrected chi connectivity index (χ1v) is 7.67. The second-order valence-corrected chi connectivity index (χ2v) is 7.43. The van der Waals surface area contributed by atoms with Gasteiger partial charge >= 0.3 is 0 Å². The largest absolute Gasteiger partial charge is 0.399 e. The van der Waals surface area contributed by atoms with Gasteiger partial charge in [0, 0.05) is 5.69 Å². The van der Waals surface area contributed by atoms with Crippen molar-refractivity contribution in [1.29, 1.82) is 0 Å². The second-order valence-electron chi connectivity index (χ2n) is 5.60. The number of sulfonamides is 1. The molecule has 2 N–H and O–H groups in total. The molecule has 1 aromatic rings. The standard InChI is InChI=1S/C13H18N2O4S/c1-13(2,3)19-7-6-15-12(16)10-5-4-9(14)8-11(10)20(15,17)18/h4-5,8H,6-7,14H2,1-3H3. The molecule has 20 heavy (non-hydrogen) atoms. The molecule has 1 amide bonds. The van der Waals surface area contributed by atoms with Gasteiger partial charge in [-0.2, -0.15) is 0 Å². The van der Waals surface area contributed by atoms with Gasteiger partial charge in [0.25, 0.3) is 15.9 Å². The minimum atomic E-state index is -3.81. The highest BCUT2D eigenvalue weighted by atomic mass is 32.2. The van der Waals surface area contributed by atoms with Crippen molar-refractivity contribution in [1.82, 2.24) is 4.31 Å². The highest BCUT2D eigenvalue weighted by Gasteiger charge is 2.41. The lowest BCUT2D eigenvalue weighted by molar-refractivity contribution is -0.00584. The highest BCUT2D eigenvalue weighted by molar-refractivity contribution is 7.90. The third kappa shape index (κ3) is 2.64. The van der Waals surface area contributed by atoms with Gasteiger partial charge in [-0.05, 0) is 39.0 Å². The fraction of sp³-hybridized carbons (Fsp3) is 0.462. The Morgan fingerprint density at radius 3 is 2.55 bits per heavy atom. The molecule has 2 rings (SSSR count). The number of fused-ring (bicyclic) bond motifs is 1. The number of carbonyl (C=O) groups is 1. The lowest BCUT2D eigenvalue weighted by Gasteiger charge is -2.22. The Morgan fingerprint density at radius 1 is 1.30 bits per heavy atom. The Balaban J connectivity index is 2.24. The van der Waals surface area contributed by atoms with Crippen LogP contribution in [0, 0.1) is 0 Å². The summed E-state index contributed by atoms with van der Waals surface area (Å²) < 4.78 is 30.9. The number of hydrogen-bond donors (Lipinski definition) is 1. The lowest BCUT2D eigenvalue weighted by atomic mass is 10.2. The van der Waals surface area contributed by atoms with E-state index in [1.165, 1.54) is 18.2 Å². The SMILES string of the molecule is CC(C)(C)OCCN1C(=O)c2ccc(N)cc2S1(=O)=O. The molecule has 0 saturated carbocycles. The van der Waals surface area contributed by atoms with Crippen LogP contribution in [-0.4, -0.2) is 37.4 Å². The maximum atomic E-state index is 12.3. The van der Waals surface area contributed by atoms with E-state index in [9.17, 15) is 13.2 Å². The molecule has 0 aliphatic carbocycles. The molecule has 0 fully saturated rings. The van der Waals surface area contributed by atoms with Gasteiger partial charge in [0.05, 0.1) is 24.3 Å². The van der Waals surface area contributed by atoms with E-state index in [2.05, 4.69) is 0 Å². The van der Waals surface area contributed by atoms with Crippen molar-refractivity contribution in [2.24, 2.45) is 0 Å². The van der Waals surface area contributed by atoms with E-state index in [1.54, 1.807) is 0 Å². The van der Waals surface area contributed by atoms with Crippen molar-refractivity contribution in [3.05, 3.63) is 23.8 Å². The zero-order valence-corrected chi connectivity index (χ0v) is 12.5. The van der Waals surface area contributed by atoms with E-state index in [-0.39, 0.29) is 29.2 Å². The van der Waals surface area contributed by atoms with Gasteiger partial charge in [0.15, 0.2) is 0 Å². The average molecular weight is 298 g/mol. The number of nitrogens with two attached hydrogens (primary N) is 1. The molecule has 0 aromatic heterocycles. The molecule has 0 saturated heterocycles. The van der Waals surface area contributed by atoms with Crippen molar-refractivity contribution < 1.29 is 17.9 Å². The summed E-state index contributed by atoms with van der Waals surface area (Å²) in [6.07, 6.45) is 0. The smallest absolute Gasteiger partial charge is 0.269 e. The number of carbonyl (C=O) groups excluding carboxylic acids is 1. The number of benzene rings is 1. The van der Waals surface area contributed by atoms with Gasteiger partial charge in [0.2, 0.25) is 0 Å². The molecule has 7 heteroatoms. The average Bonchev–Trinajstić information content (AvgIpc) is 2.48. The van der Waals surface area contributed by atoms with E-state index >= 15 is 0 Å². The predicted molar refractivity (Wildman–Crippen MR) is 74.8 cm³/mol. The second kappa shape index (κ2) is 4.75. The van der Waals surface area contributed by atoms with Crippen molar-refractivity contribution in [3.63, 3.8) is 0 Å². The predicted octanol–water partition coefficient (Wildman–Crippen LogP) is 1.23. The highest BCUT2D eigenvalue weighted by Crippen LogP contribution is 2.31. The summed E-state index contributed by atoms with van der Waals surface area (Å²) in [6, 6.07) is 4.27. The molecule has 0 radical (unpaired) electrons. The summed E-state index contributed by atoms with van der Waals surface area (Å²) in [5.74, 6) is -0.530. The molecule has 1 heterocycles. The Kier molecular flexibility index (Phi) is 3.51. The van der Waals surface area contributed by atoms with Crippen LogP contribution in [0.5, 0.6) is 0 Å². The minimum Gasteiger partial charge on any atom is -0.399 e. The molecule has 1 aliphatic rings. The summed E-state index contributed by atoms with van der Waals surface area (Å²) >= 11 is 0. The van der Waals surface area contributed by atoms with Crippen LogP contribution in [0.1, 0.15) is 31.1 Å². The molecule has 1 aliphatic heterocycles. The molecule has 6 nitrogen and oxygen atoms in total. The van der Waals surface area contributed by atoms with Crippen molar-refractivity contribution in [2.75, 3.05) is 18.9 Å². The first kappa shape index (κ1) is 14.8. The third-order valence-corrected chi connectivity index (χ3v) is 4.68. The van der Waals surface area contributed by atoms with Gasteiger partial charge in [-0.1, -0.05) is 0 Å². The lowest BCUT2D eigenvalue weighted by Crippen LogP contribution is -2.35. The van der Waals surface area contributed by atoms with Crippen LogP contribution >= 0.6 is 0 Å². The Labute approximate surface area is 118 Å². The van der Waals surface area contributed by atoms with Gasteiger partial charge < -0.3 is 10.5 Å². The van der Waals surface area contributed by atoms with Crippen LogP contribution < -0.4 is 5.73 Å². The number of ether oxygens (including phenoxy) is 1. The van der Waals surface area contributed by atoms with Crippen molar-refractivity contribution in [2.45, 2.75) is 31.3 Å².